The van der Waals surface area contributed by atoms with Crippen LogP contribution in [0.5, 0.6) is 17.2 Å². The van der Waals surface area contributed by atoms with Crippen molar-refractivity contribution in [2.75, 3.05) is 20.3 Å². The topological polar surface area (TPSA) is 66.6 Å². The highest BCUT2D eigenvalue weighted by Gasteiger charge is 2.14. The van der Waals surface area contributed by atoms with E-state index in [9.17, 15) is 0 Å². The Morgan fingerprint density at radius 1 is 0.846 bits per heavy atom. The minimum atomic E-state index is 0.413. The van der Waals surface area contributed by atoms with Crippen LogP contribution < -0.4 is 14.2 Å². The van der Waals surface area contributed by atoms with E-state index in [1.807, 2.05) is 50.2 Å². The van der Waals surface area contributed by atoms with Crippen LogP contribution in [-0.4, -0.2) is 30.5 Å². The Kier molecular flexibility index (Phi) is 5.78. The molecule has 7 heteroatoms. The summed E-state index contributed by atoms with van der Waals surface area (Å²) in [5.41, 5.74) is 1.57. The SMILES string of the molecule is CCOc1ccc(-c2nnc(-c3ccc(OC)c(Br)c3)o2)cc1OCC. The highest BCUT2D eigenvalue weighted by Crippen LogP contribution is 2.34. The predicted molar refractivity (Wildman–Crippen MR) is 102 cm³/mol. The smallest absolute Gasteiger partial charge is 0.248 e. The first-order valence-corrected chi connectivity index (χ1v) is 9.03. The summed E-state index contributed by atoms with van der Waals surface area (Å²) in [6.45, 7) is 4.96. The second-order valence-corrected chi connectivity index (χ2v) is 6.14. The van der Waals surface area contributed by atoms with Crippen LogP contribution in [0.1, 0.15) is 13.8 Å². The van der Waals surface area contributed by atoms with E-state index in [1.54, 1.807) is 7.11 Å². The molecule has 6 nitrogen and oxygen atoms in total. The Labute approximate surface area is 160 Å². The van der Waals surface area contributed by atoms with Gasteiger partial charge >= 0.3 is 0 Å². The fourth-order valence-corrected chi connectivity index (χ4v) is 2.98. The lowest BCUT2D eigenvalue weighted by molar-refractivity contribution is 0.288. The maximum Gasteiger partial charge on any atom is 0.248 e. The zero-order valence-electron chi connectivity index (χ0n) is 14.8. The third kappa shape index (κ3) is 3.83. The molecule has 0 radical (unpaired) electrons. The monoisotopic (exact) mass is 418 g/mol. The molecule has 0 N–H and O–H groups in total. The number of hydrogen-bond donors (Lipinski definition) is 0. The van der Waals surface area contributed by atoms with Gasteiger partial charge in [-0.2, -0.15) is 0 Å². The van der Waals surface area contributed by atoms with Gasteiger partial charge in [-0.05, 0) is 66.2 Å². The molecule has 0 atom stereocenters. The molecule has 0 spiro atoms. The van der Waals surface area contributed by atoms with E-state index >= 15 is 0 Å². The van der Waals surface area contributed by atoms with Gasteiger partial charge in [-0.3, -0.25) is 0 Å². The van der Waals surface area contributed by atoms with Crippen LogP contribution >= 0.6 is 15.9 Å². The summed E-state index contributed by atoms with van der Waals surface area (Å²) in [5.74, 6) is 2.92. The van der Waals surface area contributed by atoms with Crippen LogP contribution in [0.2, 0.25) is 0 Å². The summed E-state index contributed by atoms with van der Waals surface area (Å²) < 4.78 is 23.1. The van der Waals surface area contributed by atoms with Gasteiger partial charge in [0.25, 0.3) is 0 Å². The van der Waals surface area contributed by atoms with E-state index in [0.717, 1.165) is 21.3 Å². The summed E-state index contributed by atoms with van der Waals surface area (Å²) in [4.78, 5) is 0. The molecule has 0 aliphatic heterocycles. The number of aromatic nitrogens is 2. The minimum absolute atomic E-state index is 0.413. The zero-order chi connectivity index (χ0) is 18.5. The third-order valence-corrected chi connectivity index (χ3v) is 4.23. The predicted octanol–water partition coefficient (Wildman–Crippen LogP) is 4.97. The number of halogens is 1. The number of nitrogens with zero attached hydrogens (tertiary/aromatic N) is 2. The first kappa shape index (κ1) is 18.3. The minimum Gasteiger partial charge on any atom is -0.496 e. The molecule has 1 aromatic heterocycles. The quantitative estimate of drug-likeness (QED) is 0.539. The first-order chi connectivity index (χ1) is 12.7. The van der Waals surface area contributed by atoms with Crippen LogP contribution in [-0.2, 0) is 0 Å². The van der Waals surface area contributed by atoms with Gasteiger partial charge in [0, 0.05) is 11.1 Å². The molecule has 0 saturated carbocycles. The molecule has 0 fully saturated rings. The first-order valence-electron chi connectivity index (χ1n) is 8.23. The van der Waals surface area contributed by atoms with E-state index in [4.69, 9.17) is 18.6 Å². The average Bonchev–Trinajstić information content (AvgIpc) is 3.13. The van der Waals surface area contributed by atoms with Crippen LogP contribution in [0, 0.1) is 0 Å². The van der Waals surface area contributed by atoms with Gasteiger partial charge in [-0.15, -0.1) is 10.2 Å². The Morgan fingerprint density at radius 2 is 1.42 bits per heavy atom. The summed E-state index contributed by atoms with van der Waals surface area (Å²) >= 11 is 3.46. The van der Waals surface area contributed by atoms with E-state index in [1.165, 1.54) is 0 Å². The molecule has 0 aliphatic rings. The molecular weight excluding hydrogens is 400 g/mol. The lowest BCUT2D eigenvalue weighted by Gasteiger charge is -2.11. The molecule has 136 valence electrons. The molecule has 0 bridgehead atoms. The standard InChI is InChI=1S/C19H19BrN2O4/c1-4-24-16-9-7-13(11-17(16)25-5-2)19-22-21-18(26-19)12-6-8-15(23-3)14(20)10-12/h6-11H,4-5H2,1-3H3. The van der Waals surface area contributed by atoms with Gasteiger partial charge in [0.05, 0.1) is 24.8 Å². The van der Waals surface area contributed by atoms with E-state index < -0.39 is 0 Å². The van der Waals surface area contributed by atoms with Crippen molar-refractivity contribution in [1.29, 1.82) is 0 Å². The van der Waals surface area contributed by atoms with Crippen molar-refractivity contribution >= 4 is 15.9 Å². The Balaban J connectivity index is 1.92. The Hall–Kier alpha value is -2.54. The number of methoxy groups -OCH3 is 1. The summed E-state index contributed by atoms with van der Waals surface area (Å²) in [7, 11) is 1.62. The van der Waals surface area contributed by atoms with Crippen molar-refractivity contribution < 1.29 is 18.6 Å². The van der Waals surface area contributed by atoms with Crippen molar-refractivity contribution in [2.24, 2.45) is 0 Å². The van der Waals surface area contributed by atoms with Gasteiger partial charge in [0.1, 0.15) is 5.75 Å². The van der Waals surface area contributed by atoms with Crippen LogP contribution in [0.3, 0.4) is 0 Å². The molecule has 2 aromatic carbocycles. The molecule has 26 heavy (non-hydrogen) atoms. The number of ether oxygens (including phenoxy) is 3. The van der Waals surface area contributed by atoms with Crippen molar-refractivity contribution in [2.45, 2.75) is 13.8 Å². The van der Waals surface area contributed by atoms with E-state index in [-0.39, 0.29) is 0 Å². The average molecular weight is 419 g/mol. The highest BCUT2D eigenvalue weighted by atomic mass is 79.9. The molecule has 3 aromatic rings. The van der Waals surface area contributed by atoms with E-state index in [0.29, 0.717) is 36.5 Å². The fraction of sp³-hybridized carbons (Fsp3) is 0.263. The van der Waals surface area contributed by atoms with Gasteiger partial charge in [-0.1, -0.05) is 0 Å². The third-order valence-electron chi connectivity index (χ3n) is 3.61. The molecule has 0 amide bonds. The normalized spacial score (nSPS) is 10.6. The van der Waals surface area contributed by atoms with Crippen molar-refractivity contribution in [1.82, 2.24) is 10.2 Å². The van der Waals surface area contributed by atoms with Crippen molar-refractivity contribution in [3.05, 3.63) is 40.9 Å². The lowest BCUT2D eigenvalue weighted by Crippen LogP contribution is -1.98. The number of benzene rings is 2. The number of hydrogen-bond acceptors (Lipinski definition) is 6. The van der Waals surface area contributed by atoms with E-state index in [2.05, 4.69) is 26.1 Å². The second kappa shape index (κ2) is 8.23. The molecule has 0 aliphatic carbocycles. The molecule has 0 unspecified atom stereocenters. The maximum absolute atomic E-state index is 5.84. The van der Waals surface area contributed by atoms with Gasteiger partial charge < -0.3 is 18.6 Å². The summed E-state index contributed by atoms with van der Waals surface area (Å²) in [6.07, 6.45) is 0. The maximum atomic E-state index is 5.84. The summed E-state index contributed by atoms with van der Waals surface area (Å²) in [6, 6.07) is 11.1. The Morgan fingerprint density at radius 3 is 2.00 bits per heavy atom. The van der Waals surface area contributed by atoms with Gasteiger partial charge in [0.2, 0.25) is 11.8 Å². The molecular formula is C19H19BrN2O4. The molecule has 0 saturated heterocycles. The van der Waals surface area contributed by atoms with Crippen LogP contribution in [0.4, 0.5) is 0 Å². The summed E-state index contributed by atoms with van der Waals surface area (Å²) in [5, 5.41) is 8.30. The molecule has 1 heterocycles. The lowest BCUT2D eigenvalue weighted by atomic mass is 10.2. The zero-order valence-corrected chi connectivity index (χ0v) is 16.4. The van der Waals surface area contributed by atoms with Crippen molar-refractivity contribution in [3.63, 3.8) is 0 Å². The second-order valence-electron chi connectivity index (χ2n) is 5.29. The van der Waals surface area contributed by atoms with Crippen molar-refractivity contribution in [3.8, 4) is 40.2 Å². The highest BCUT2D eigenvalue weighted by molar-refractivity contribution is 9.10. The Bertz CT molecular complexity index is 895. The van der Waals surface area contributed by atoms with Gasteiger partial charge in [-0.25, -0.2) is 0 Å². The van der Waals surface area contributed by atoms with Crippen LogP contribution in [0.15, 0.2) is 45.3 Å². The fourth-order valence-electron chi connectivity index (χ4n) is 2.44. The molecule has 3 rings (SSSR count). The van der Waals surface area contributed by atoms with Gasteiger partial charge in [0.15, 0.2) is 11.5 Å². The number of rotatable bonds is 7. The largest absolute Gasteiger partial charge is 0.496 e. The van der Waals surface area contributed by atoms with Crippen LogP contribution in [0.25, 0.3) is 22.9 Å².